The number of hydrogen-bond donors (Lipinski definition) is 4. The second-order valence-electron chi connectivity index (χ2n) is 1.68. The molecule has 0 aliphatic carbocycles. The van der Waals surface area contributed by atoms with Crippen molar-refractivity contribution in [2.75, 3.05) is 0 Å². The Morgan fingerprint density at radius 2 is 1.17 bits per heavy atom. The first-order valence-corrected chi connectivity index (χ1v) is 4.59. The fourth-order valence-corrected chi connectivity index (χ4v) is 0.342. The van der Waals surface area contributed by atoms with Crippen LogP contribution in [0.15, 0.2) is 30.3 Å². The second kappa shape index (κ2) is 8.51. The number of benzene rings is 1. The Morgan fingerprint density at radius 3 is 1.25 bits per heavy atom. The van der Waals surface area contributed by atoms with E-state index in [1.165, 1.54) is 0 Å². The van der Waals surface area contributed by atoms with E-state index in [1.807, 2.05) is 30.3 Å². The molecule has 1 rings (SSSR count). The molecule has 0 spiro atoms. The molecule has 0 aromatic heterocycles. The van der Waals surface area contributed by atoms with Gasteiger partial charge >= 0.3 is 60.4 Å². The zero-order chi connectivity index (χ0) is 8.74. The SMILES string of the molecule is O[Si](O)(O)O.[K+].[c-]1ccccc1. The predicted molar refractivity (Wildman–Crippen MR) is 39.9 cm³/mol. The van der Waals surface area contributed by atoms with Gasteiger partial charge in [0.05, 0.1) is 0 Å². The van der Waals surface area contributed by atoms with E-state index in [9.17, 15) is 0 Å². The van der Waals surface area contributed by atoms with Gasteiger partial charge in [0.25, 0.3) is 0 Å². The summed E-state index contributed by atoms with van der Waals surface area (Å²) >= 11 is 0. The van der Waals surface area contributed by atoms with Gasteiger partial charge in [0.15, 0.2) is 0 Å². The van der Waals surface area contributed by atoms with E-state index in [2.05, 4.69) is 6.07 Å². The average Bonchev–Trinajstić information content (AvgIpc) is 1.88. The first kappa shape index (κ1) is 15.4. The van der Waals surface area contributed by atoms with Crippen LogP contribution in [0.2, 0.25) is 0 Å². The van der Waals surface area contributed by atoms with E-state index < -0.39 is 9.05 Å². The van der Waals surface area contributed by atoms with Gasteiger partial charge in [0, 0.05) is 0 Å². The van der Waals surface area contributed by atoms with Gasteiger partial charge in [-0.25, -0.2) is 0 Å². The third-order valence-electron chi connectivity index (χ3n) is 0.607. The molecule has 1 aromatic carbocycles. The molecule has 0 aliphatic rings. The minimum Gasteiger partial charge on any atom is -0.368 e. The first-order valence-electron chi connectivity index (χ1n) is 2.81. The van der Waals surface area contributed by atoms with E-state index in [1.54, 1.807) is 0 Å². The Kier molecular flexibility index (Phi) is 10.9. The molecule has 0 saturated carbocycles. The van der Waals surface area contributed by atoms with Crippen LogP contribution in [0.4, 0.5) is 0 Å². The average molecular weight is 212 g/mol. The Bertz CT molecular complexity index is 144. The van der Waals surface area contributed by atoms with Gasteiger partial charge in [-0.05, 0) is 0 Å². The topological polar surface area (TPSA) is 80.9 Å². The first-order chi connectivity index (χ1) is 5.00. The summed E-state index contributed by atoms with van der Waals surface area (Å²) in [4.78, 5) is 29.3. The molecule has 0 bridgehead atoms. The largest absolute Gasteiger partial charge is 1.00 e. The van der Waals surface area contributed by atoms with Gasteiger partial charge in [-0.15, -0.1) is 0 Å². The van der Waals surface area contributed by atoms with E-state index in [0.29, 0.717) is 0 Å². The molecule has 0 aliphatic heterocycles. The summed E-state index contributed by atoms with van der Waals surface area (Å²) in [6.07, 6.45) is 0. The second-order valence-corrected chi connectivity index (χ2v) is 2.88. The third-order valence-corrected chi connectivity index (χ3v) is 0.607. The molecule has 0 atom stereocenters. The zero-order valence-electron chi connectivity index (χ0n) is 6.68. The van der Waals surface area contributed by atoms with Gasteiger partial charge in [0.2, 0.25) is 0 Å². The van der Waals surface area contributed by atoms with Crippen molar-refractivity contribution in [1.82, 2.24) is 0 Å². The van der Waals surface area contributed by atoms with Gasteiger partial charge in [-0.2, -0.15) is 36.4 Å². The van der Waals surface area contributed by atoms with Gasteiger partial charge < -0.3 is 19.2 Å². The Morgan fingerprint density at radius 1 is 0.833 bits per heavy atom. The van der Waals surface area contributed by atoms with Crippen LogP contribution in [0.1, 0.15) is 0 Å². The molecule has 6 heteroatoms. The molecule has 0 heterocycles. The van der Waals surface area contributed by atoms with Crippen LogP contribution >= 0.6 is 0 Å². The van der Waals surface area contributed by atoms with E-state index in [4.69, 9.17) is 19.2 Å². The Hall–Kier alpha value is 0.913. The van der Waals surface area contributed by atoms with Crippen molar-refractivity contribution in [3.8, 4) is 0 Å². The van der Waals surface area contributed by atoms with Crippen LogP contribution < -0.4 is 51.4 Å². The molecule has 0 amide bonds. The fraction of sp³-hybridized carbons (Fsp3) is 0. The van der Waals surface area contributed by atoms with E-state index in [-0.39, 0.29) is 51.4 Å². The molecule has 4 nitrogen and oxygen atoms in total. The van der Waals surface area contributed by atoms with Crippen molar-refractivity contribution < 1.29 is 70.6 Å². The zero-order valence-corrected chi connectivity index (χ0v) is 10.8. The molecule has 62 valence electrons. The molecule has 1 aromatic rings. The molecular weight excluding hydrogens is 203 g/mol. The minimum absolute atomic E-state index is 0. The van der Waals surface area contributed by atoms with Gasteiger partial charge in [-0.1, -0.05) is 0 Å². The summed E-state index contributed by atoms with van der Waals surface area (Å²) in [5.41, 5.74) is 0. The summed E-state index contributed by atoms with van der Waals surface area (Å²) in [7, 11) is -4.61. The molecule has 4 N–H and O–H groups in total. The van der Waals surface area contributed by atoms with Crippen LogP contribution in [0.3, 0.4) is 0 Å². The van der Waals surface area contributed by atoms with Crippen molar-refractivity contribution in [1.29, 1.82) is 0 Å². The van der Waals surface area contributed by atoms with Crippen molar-refractivity contribution in [2.45, 2.75) is 0 Å². The van der Waals surface area contributed by atoms with E-state index in [0.717, 1.165) is 0 Å². The Labute approximate surface area is 114 Å². The van der Waals surface area contributed by atoms with Crippen molar-refractivity contribution in [3.63, 3.8) is 0 Å². The van der Waals surface area contributed by atoms with Crippen LogP contribution in [0, 0.1) is 6.07 Å². The maximum atomic E-state index is 7.33. The molecule has 0 fully saturated rings. The quantitative estimate of drug-likeness (QED) is 0.260. The molecule has 0 saturated heterocycles. The minimum atomic E-state index is -4.61. The van der Waals surface area contributed by atoms with Crippen LogP contribution in [0.25, 0.3) is 0 Å². The monoisotopic (exact) mass is 212 g/mol. The smallest absolute Gasteiger partial charge is 0.368 e. The van der Waals surface area contributed by atoms with Crippen molar-refractivity contribution >= 4 is 9.05 Å². The van der Waals surface area contributed by atoms with Crippen molar-refractivity contribution in [2.24, 2.45) is 0 Å². The number of rotatable bonds is 0. The summed E-state index contributed by atoms with van der Waals surface area (Å²) < 4.78 is 0. The Balaban J connectivity index is 0. The number of hydrogen-bond acceptors (Lipinski definition) is 4. The van der Waals surface area contributed by atoms with Gasteiger partial charge in [-0.3, -0.25) is 0 Å². The summed E-state index contributed by atoms with van der Waals surface area (Å²) in [5, 5.41) is 0. The fourth-order valence-electron chi connectivity index (χ4n) is 0.342. The normalized spacial score (nSPS) is 9.00. The third kappa shape index (κ3) is 22.4. The van der Waals surface area contributed by atoms with E-state index >= 15 is 0 Å². The molecule has 0 unspecified atom stereocenters. The van der Waals surface area contributed by atoms with Crippen LogP contribution in [0.5, 0.6) is 0 Å². The maximum Gasteiger partial charge on any atom is 1.00 e. The molecule has 0 radical (unpaired) electrons. The summed E-state index contributed by atoms with van der Waals surface area (Å²) in [6.45, 7) is 0. The summed E-state index contributed by atoms with van der Waals surface area (Å²) in [6, 6.07) is 12.5. The predicted octanol–water partition coefficient (Wildman–Crippen LogP) is -4.12. The van der Waals surface area contributed by atoms with Gasteiger partial charge in [0.1, 0.15) is 0 Å². The molecular formula is C6H9KO4Si. The molecule has 12 heavy (non-hydrogen) atoms. The van der Waals surface area contributed by atoms with Crippen LogP contribution in [-0.2, 0) is 0 Å². The summed E-state index contributed by atoms with van der Waals surface area (Å²) in [5.74, 6) is 0. The van der Waals surface area contributed by atoms with Crippen molar-refractivity contribution in [3.05, 3.63) is 36.4 Å². The standard InChI is InChI=1S/C6H5.K.H4O4Si/c1-2-4-6-5-3-1;;1-5(2,3)4/h1-5H;;1-4H/q-1;+1;. The van der Waals surface area contributed by atoms with Crippen LogP contribution in [-0.4, -0.2) is 28.2 Å². The maximum absolute atomic E-state index is 7.33.